The van der Waals surface area contributed by atoms with Crippen molar-refractivity contribution >= 4 is 28.9 Å². The Kier molecular flexibility index (Phi) is 4.49. The second-order valence-electron chi connectivity index (χ2n) is 5.86. The van der Waals surface area contributed by atoms with E-state index < -0.39 is 17.6 Å². The standard InChI is InChI=1S/C16H15ClF3N3O2/c1-2-12-13(15(25)22-5-3-10(24)4-6-22)23-8-9(16(18,19)20)7-11(17)14(23)21-12/h7-8H,2-6H2,1H3. The molecule has 5 nitrogen and oxygen atoms in total. The summed E-state index contributed by atoms with van der Waals surface area (Å²) in [5, 5.41) is -0.169. The lowest BCUT2D eigenvalue weighted by molar-refractivity contribution is -0.137. The van der Waals surface area contributed by atoms with E-state index in [4.69, 9.17) is 11.6 Å². The highest BCUT2D eigenvalue weighted by molar-refractivity contribution is 6.33. The molecule has 1 aliphatic heterocycles. The van der Waals surface area contributed by atoms with Crippen molar-refractivity contribution in [1.29, 1.82) is 0 Å². The predicted molar refractivity (Wildman–Crippen MR) is 84.7 cm³/mol. The number of halogens is 4. The monoisotopic (exact) mass is 373 g/mol. The third-order valence-corrected chi connectivity index (χ3v) is 4.50. The largest absolute Gasteiger partial charge is 0.417 e. The molecule has 134 valence electrons. The summed E-state index contributed by atoms with van der Waals surface area (Å²) in [6, 6.07) is 0.803. The first-order valence-corrected chi connectivity index (χ1v) is 8.18. The van der Waals surface area contributed by atoms with Crippen LogP contribution in [0.4, 0.5) is 13.2 Å². The van der Waals surface area contributed by atoms with E-state index in [0.29, 0.717) is 12.1 Å². The molecule has 2 aromatic rings. The first kappa shape index (κ1) is 17.7. The van der Waals surface area contributed by atoms with Gasteiger partial charge in [0.15, 0.2) is 5.65 Å². The number of hydrogen-bond acceptors (Lipinski definition) is 3. The van der Waals surface area contributed by atoms with E-state index in [1.807, 2.05) is 0 Å². The van der Waals surface area contributed by atoms with Gasteiger partial charge in [0, 0.05) is 32.1 Å². The predicted octanol–water partition coefficient (Wildman–Crippen LogP) is 3.37. The highest BCUT2D eigenvalue weighted by Crippen LogP contribution is 2.33. The average molecular weight is 374 g/mol. The van der Waals surface area contributed by atoms with Crippen molar-refractivity contribution in [2.75, 3.05) is 13.1 Å². The normalized spacial score (nSPS) is 15.9. The average Bonchev–Trinajstić information content (AvgIpc) is 2.93. The SMILES string of the molecule is CCc1nc2c(Cl)cc(C(F)(F)F)cn2c1C(=O)N1CCC(=O)CC1. The summed E-state index contributed by atoms with van der Waals surface area (Å²) >= 11 is 5.97. The number of pyridine rings is 1. The lowest BCUT2D eigenvalue weighted by Gasteiger charge is -2.26. The van der Waals surface area contributed by atoms with E-state index in [9.17, 15) is 22.8 Å². The number of aromatic nitrogens is 2. The molecule has 25 heavy (non-hydrogen) atoms. The number of alkyl halides is 3. The fraction of sp³-hybridized carbons (Fsp3) is 0.438. The Bertz CT molecular complexity index is 850. The Labute approximate surface area is 146 Å². The second kappa shape index (κ2) is 6.33. The van der Waals surface area contributed by atoms with Crippen LogP contribution in [0.25, 0.3) is 5.65 Å². The summed E-state index contributed by atoms with van der Waals surface area (Å²) in [5.74, 6) is -0.368. The van der Waals surface area contributed by atoms with Crippen LogP contribution >= 0.6 is 11.6 Å². The molecule has 1 saturated heterocycles. The molecule has 0 spiro atoms. The minimum Gasteiger partial charge on any atom is -0.336 e. The number of carbonyl (C=O) groups excluding carboxylic acids is 2. The third kappa shape index (κ3) is 3.22. The number of fused-ring (bicyclic) bond motifs is 1. The van der Waals surface area contributed by atoms with Gasteiger partial charge in [-0.05, 0) is 12.5 Å². The lowest BCUT2D eigenvalue weighted by Crippen LogP contribution is -2.39. The number of aryl methyl sites for hydroxylation is 1. The maximum atomic E-state index is 13.1. The summed E-state index contributed by atoms with van der Waals surface area (Å²) in [7, 11) is 0. The number of rotatable bonds is 2. The topological polar surface area (TPSA) is 54.7 Å². The molecular formula is C16H15ClF3N3O2. The number of nitrogens with zero attached hydrogens (tertiary/aromatic N) is 3. The van der Waals surface area contributed by atoms with Crippen LogP contribution in [-0.4, -0.2) is 39.1 Å². The van der Waals surface area contributed by atoms with Gasteiger partial charge in [0.25, 0.3) is 5.91 Å². The van der Waals surface area contributed by atoms with Gasteiger partial charge in [0.05, 0.1) is 16.3 Å². The van der Waals surface area contributed by atoms with Crippen LogP contribution in [-0.2, 0) is 17.4 Å². The van der Waals surface area contributed by atoms with Crippen molar-refractivity contribution in [3.63, 3.8) is 0 Å². The van der Waals surface area contributed by atoms with Crippen LogP contribution in [0.2, 0.25) is 5.02 Å². The summed E-state index contributed by atoms with van der Waals surface area (Å²) in [5.41, 5.74) is -0.390. The van der Waals surface area contributed by atoms with Crippen LogP contribution in [0, 0.1) is 0 Å². The van der Waals surface area contributed by atoms with Gasteiger partial charge in [0.1, 0.15) is 11.5 Å². The molecule has 0 saturated carbocycles. The molecule has 1 aliphatic rings. The third-order valence-electron chi connectivity index (χ3n) is 4.22. The molecule has 9 heteroatoms. The first-order valence-electron chi connectivity index (χ1n) is 7.81. The van der Waals surface area contributed by atoms with Gasteiger partial charge in [-0.25, -0.2) is 4.98 Å². The Morgan fingerprint density at radius 1 is 1.32 bits per heavy atom. The van der Waals surface area contributed by atoms with Gasteiger partial charge in [-0.15, -0.1) is 0 Å². The van der Waals surface area contributed by atoms with E-state index in [2.05, 4.69) is 4.98 Å². The Balaban J connectivity index is 2.14. The Hall–Kier alpha value is -2.09. The molecule has 3 heterocycles. The van der Waals surface area contributed by atoms with E-state index in [1.165, 1.54) is 4.90 Å². The molecule has 0 N–H and O–H groups in total. The summed E-state index contributed by atoms with van der Waals surface area (Å²) in [6.07, 6.45) is -2.88. The number of imidazole rings is 1. The molecule has 0 atom stereocenters. The molecule has 0 aliphatic carbocycles. The molecule has 0 unspecified atom stereocenters. The van der Waals surface area contributed by atoms with Crippen molar-refractivity contribution in [3.8, 4) is 0 Å². The molecule has 0 bridgehead atoms. The molecule has 0 aromatic carbocycles. The van der Waals surface area contributed by atoms with Gasteiger partial charge >= 0.3 is 6.18 Å². The lowest BCUT2D eigenvalue weighted by atomic mass is 10.1. The number of carbonyl (C=O) groups is 2. The molecule has 1 amide bonds. The molecule has 3 rings (SSSR count). The van der Waals surface area contributed by atoms with Crippen LogP contribution in [0.3, 0.4) is 0 Å². The van der Waals surface area contributed by atoms with Gasteiger partial charge in [-0.1, -0.05) is 18.5 Å². The minimum atomic E-state index is -4.59. The number of Topliss-reactive ketones (excluding diaryl/α,β-unsaturated/α-hetero) is 1. The van der Waals surface area contributed by atoms with E-state index >= 15 is 0 Å². The first-order chi connectivity index (χ1) is 11.7. The number of likely N-dealkylation sites (tertiary alicyclic amines) is 1. The van der Waals surface area contributed by atoms with E-state index in [1.54, 1.807) is 6.92 Å². The highest BCUT2D eigenvalue weighted by atomic mass is 35.5. The zero-order valence-corrected chi connectivity index (χ0v) is 14.1. The molecule has 2 aromatic heterocycles. The smallest absolute Gasteiger partial charge is 0.336 e. The van der Waals surface area contributed by atoms with Crippen molar-refractivity contribution in [2.45, 2.75) is 32.4 Å². The van der Waals surface area contributed by atoms with Gasteiger partial charge < -0.3 is 4.90 Å². The van der Waals surface area contributed by atoms with Crippen molar-refractivity contribution < 1.29 is 22.8 Å². The van der Waals surface area contributed by atoms with Crippen molar-refractivity contribution in [2.24, 2.45) is 0 Å². The molecular weight excluding hydrogens is 359 g/mol. The molecule has 0 radical (unpaired) electrons. The van der Waals surface area contributed by atoms with Gasteiger partial charge in [-0.3, -0.25) is 14.0 Å². The number of ketones is 1. The van der Waals surface area contributed by atoms with Crippen LogP contribution < -0.4 is 0 Å². The van der Waals surface area contributed by atoms with Crippen LogP contribution in [0.15, 0.2) is 12.3 Å². The zero-order chi connectivity index (χ0) is 18.4. The van der Waals surface area contributed by atoms with Crippen LogP contribution in [0.1, 0.15) is 41.5 Å². The molecule has 1 fully saturated rings. The number of hydrogen-bond donors (Lipinski definition) is 0. The maximum absolute atomic E-state index is 13.1. The number of piperidine rings is 1. The fourth-order valence-corrected chi connectivity index (χ4v) is 3.14. The summed E-state index contributed by atoms with van der Waals surface area (Å²) < 4.78 is 40.4. The maximum Gasteiger partial charge on any atom is 0.417 e. The summed E-state index contributed by atoms with van der Waals surface area (Å²) in [6.45, 7) is 2.26. The minimum absolute atomic E-state index is 0.0693. The summed E-state index contributed by atoms with van der Waals surface area (Å²) in [4.78, 5) is 29.9. The van der Waals surface area contributed by atoms with E-state index in [-0.39, 0.29) is 48.1 Å². The zero-order valence-electron chi connectivity index (χ0n) is 13.4. The Morgan fingerprint density at radius 3 is 2.52 bits per heavy atom. The number of amides is 1. The van der Waals surface area contributed by atoms with Crippen molar-refractivity contribution in [1.82, 2.24) is 14.3 Å². The fourth-order valence-electron chi connectivity index (χ4n) is 2.89. The Morgan fingerprint density at radius 2 is 1.96 bits per heavy atom. The quantitative estimate of drug-likeness (QED) is 0.811. The highest BCUT2D eigenvalue weighted by Gasteiger charge is 2.34. The second-order valence-corrected chi connectivity index (χ2v) is 6.27. The van der Waals surface area contributed by atoms with Gasteiger partial charge in [-0.2, -0.15) is 13.2 Å². The van der Waals surface area contributed by atoms with Gasteiger partial charge in [0.2, 0.25) is 0 Å². The van der Waals surface area contributed by atoms with E-state index in [0.717, 1.165) is 16.7 Å². The van der Waals surface area contributed by atoms with Crippen molar-refractivity contribution in [3.05, 3.63) is 34.2 Å². The van der Waals surface area contributed by atoms with Crippen LogP contribution in [0.5, 0.6) is 0 Å².